The first-order valence-electron chi connectivity index (χ1n) is 5.81. The van der Waals surface area contributed by atoms with Gasteiger partial charge in [0.25, 0.3) is 5.91 Å². The average molecular weight is 364 g/mol. The third-order valence-electron chi connectivity index (χ3n) is 2.58. The van der Waals surface area contributed by atoms with Crippen molar-refractivity contribution in [3.63, 3.8) is 0 Å². The van der Waals surface area contributed by atoms with Crippen molar-refractivity contribution in [2.75, 3.05) is 0 Å². The molecule has 0 bridgehead atoms. The van der Waals surface area contributed by atoms with Gasteiger partial charge in [-0.3, -0.25) is 4.79 Å². The fourth-order valence-corrected chi connectivity index (χ4v) is 2.16. The summed E-state index contributed by atoms with van der Waals surface area (Å²) in [5.74, 6) is -0.201. The minimum absolute atomic E-state index is 0.201. The van der Waals surface area contributed by atoms with Gasteiger partial charge in [0.15, 0.2) is 0 Å². The molecule has 19 heavy (non-hydrogen) atoms. The molecule has 0 radical (unpaired) electrons. The van der Waals surface area contributed by atoms with E-state index in [0.29, 0.717) is 5.56 Å². The second-order valence-corrected chi connectivity index (χ2v) is 5.25. The van der Waals surface area contributed by atoms with Gasteiger partial charge in [0.05, 0.1) is 11.8 Å². The molecule has 0 aliphatic carbocycles. The maximum absolute atomic E-state index is 11.9. The number of hydrogen-bond acceptors (Lipinski definition) is 2. The molecule has 0 unspecified atom stereocenters. The van der Waals surface area contributed by atoms with E-state index in [-0.39, 0.29) is 5.91 Å². The molecule has 0 aliphatic heterocycles. The zero-order valence-corrected chi connectivity index (χ0v) is 12.6. The molecule has 0 fully saturated rings. The second kappa shape index (κ2) is 6.47. The van der Waals surface area contributed by atoms with Crippen LogP contribution in [0.4, 0.5) is 0 Å². The lowest BCUT2D eigenvalue weighted by atomic mass is 10.2. The van der Waals surface area contributed by atoms with Crippen molar-refractivity contribution in [2.24, 2.45) is 5.10 Å². The normalized spacial score (nSPS) is 10.6. The molecule has 0 atom stereocenters. The molecule has 0 spiro atoms. The Morgan fingerprint density at radius 3 is 2.53 bits per heavy atom. The van der Waals surface area contributed by atoms with Crippen LogP contribution in [0.1, 0.15) is 21.5 Å². The average Bonchev–Trinajstić information content (AvgIpc) is 2.41. The Hall–Kier alpha value is -1.69. The third kappa shape index (κ3) is 3.89. The van der Waals surface area contributed by atoms with E-state index in [4.69, 9.17) is 0 Å². The highest BCUT2D eigenvalue weighted by Crippen LogP contribution is 2.10. The largest absolute Gasteiger partial charge is 0.272 e. The Kier molecular flexibility index (Phi) is 4.68. The van der Waals surface area contributed by atoms with Crippen LogP contribution >= 0.6 is 22.6 Å². The summed E-state index contributed by atoms with van der Waals surface area (Å²) in [4.78, 5) is 11.9. The minimum atomic E-state index is -0.201. The molecule has 0 heterocycles. The summed E-state index contributed by atoms with van der Waals surface area (Å²) in [6.45, 7) is 2.03. The summed E-state index contributed by atoms with van der Waals surface area (Å²) in [6, 6.07) is 15.3. The van der Waals surface area contributed by atoms with Crippen molar-refractivity contribution >= 4 is 34.7 Å². The first-order valence-corrected chi connectivity index (χ1v) is 6.89. The van der Waals surface area contributed by atoms with Gasteiger partial charge in [-0.1, -0.05) is 42.0 Å². The quantitative estimate of drug-likeness (QED) is 0.507. The van der Waals surface area contributed by atoms with Crippen molar-refractivity contribution in [1.29, 1.82) is 0 Å². The monoisotopic (exact) mass is 364 g/mol. The lowest BCUT2D eigenvalue weighted by molar-refractivity contribution is 0.0954. The zero-order chi connectivity index (χ0) is 13.7. The first kappa shape index (κ1) is 13.7. The van der Waals surface area contributed by atoms with Crippen molar-refractivity contribution < 1.29 is 4.79 Å². The van der Waals surface area contributed by atoms with Crippen molar-refractivity contribution in [3.05, 3.63) is 68.8 Å². The summed E-state index contributed by atoms with van der Waals surface area (Å²) < 4.78 is 0.906. The Bertz CT molecular complexity index is 606. The topological polar surface area (TPSA) is 41.5 Å². The molecule has 2 aromatic rings. The first-order chi connectivity index (χ1) is 9.16. The Morgan fingerprint density at radius 2 is 1.84 bits per heavy atom. The highest BCUT2D eigenvalue weighted by Gasteiger charge is 2.07. The smallest absolute Gasteiger partial charge is 0.267 e. The van der Waals surface area contributed by atoms with Gasteiger partial charge in [0.1, 0.15) is 0 Å². The van der Waals surface area contributed by atoms with Gasteiger partial charge >= 0.3 is 0 Å². The van der Waals surface area contributed by atoms with Crippen molar-refractivity contribution in [1.82, 2.24) is 5.43 Å². The van der Waals surface area contributed by atoms with E-state index in [1.165, 1.54) is 5.56 Å². The lowest BCUT2D eigenvalue weighted by Gasteiger charge is -2.01. The van der Waals surface area contributed by atoms with Crippen LogP contribution in [0.25, 0.3) is 0 Å². The fraction of sp³-hybridized carbons (Fsp3) is 0.0667. The van der Waals surface area contributed by atoms with E-state index < -0.39 is 0 Å². The van der Waals surface area contributed by atoms with Crippen LogP contribution in [-0.4, -0.2) is 12.1 Å². The molecule has 4 heteroatoms. The van der Waals surface area contributed by atoms with Gasteiger partial charge in [-0.2, -0.15) is 5.10 Å². The van der Waals surface area contributed by atoms with E-state index >= 15 is 0 Å². The van der Waals surface area contributed by atoms with Crippen LogP contribution in [-0.2, 0) is 0 Å². The molecule has 0 saturated heterocycles. The second-order valence-electron chi connectivity index (χ2n) is 4.09. The summed E-state index contributed by atoms with van der Waals surface area (Å²) >= 11 is 2.13. The number of halogens is 1. The van der Waals surface area contributed by atoms with Gasteiger partial charge in [0.2, 0.25) is 0 Å². The Morgan fingerprint density at radius 1 is 1.16 bits per heavy atom. The third-order valence-corrected chi connectivity index (χ3v) is 3.52. The molecular weight excluding hydrogens is 351 g/mol. The van der Waals surface area contributed by atoms with Crippen LogP contribution in [0.5, 0.6) is 0 Å². The molecule has 2 rings (SSSR count). The Balaban J connectivity index is 2.01. The van der Waals surface area contributed by atoms with Crippen LogP contribution < -0.4 is 5.43 Å². The van der Waals surface area contributed by atoms with Crippen LogP contribution in [0, 0.1) is 10.5 Å². The summed E-state index contributed by atoms with van der Waals surface area (Å²) in [5.41, 5.74) is 5.30. The molecule has 0 aliphatic rings. The number of benzene rings is 2. The molecule has 96 valence electrons. The number of nitrogens with zero attached hydrogens (tertiary/aromatic N) is 1. The van der Waals surface area contributed by atoms with Gasteiger partial charge in [-0.05, 0) is 47.2 Å². The summed E-state index contributed by atoms with van der Waals surface area (Å²) in [5, 5.41) is 3.96. The molecule has 0 saturated carbocycles. The molecule has 1 N–H and O–H groups in total. The van der Waals surface area contributed by atoms with Crippen molar-refractivity contribution in [3.8, 4) is 0 Å². The van der Waals surface area contributed by atoms with Crippen molar-refractivity contribution in [2.45, 2.75) is 6.92 Å². The maximum atomic E-state index is 11.9. The van der Waals surface area contributed by atoms with Gasteiger partial charge < -0.3 is 0 Å². The Labute approximate surface area is 125 Å². The molecule has 3 nitrogen and oxygen atoms in total. The van der Waals surface area contributed by atoms with Crippen LogP contribution in [0.15, 0.2) is 53.6 Å². The predicted octanol–water partition coefficient (Wildman–Crippen LogP) is 3.36. The number of hydrogen-bond donors (Lipinski definition) is 1. The number of hydrazone groups is 1. The van der Waals surface area contributed by atoms with Gasteiger partial charge in [-0.25, -0.2) is 5.43 Å². The summed E-state index contributed by atoms with van der Waals surface area (Å²) in [7, 11) is 0. The van der Waals surface area contributed by atoms with E-state index in [0.717, 1.165) is 9.13 Å². The molecule has 1 amide bonds. The number of nitrogens with one attached hydrogen (secondary N) is 1. The minimum Gasteiger partial charge on any atom is -0.267 e. The lowest BCUT2D eigenvalue weighted by Crippen LogP contribution is -2.18. The highest BCUT2D eigenvalue weighted by molar-refractivity contribution is 14.1. The number of carbonyl (C=O) groups excluding carboxylic acids is 1. The van der Waals surface area contributed by atoms with E-state index in [9.17, 15) is 4.79 Å². The summed E-state index contributed by atoms with van der Waals surface area (Å²) in [6.07, 6.45) is 1.63. The number of aryl methyl sites for hydroxylation is 1. The predicted molar refractivity (Wildman–Crippen MR) is 85.4 cm³/mol. The molecule has 0 aromatic heterocycles. The van der Waals surface area contributed by atoms with E-state index in [2.05, 4.69) is 33.1 Å². The zero-order valence-electron chi connectivity index (χ0n) is 10.4. The number of rotatable bonds is 3. The van der Waals surface area contributed by atoms with Crippen LogP contribution in [0.2, 0.25) is 0 Å². The van der Waals surface area contributed by atoms with Gasteiger partial charge in [0, 0.05) is 3.57 Å². The number of carbonyl (C=O) groups is 1. The van der Waals surface area contributed by atoms with E-state index in [1.807, 2.05) is 49.4 Å². The van der Waals surface area contributed by atoms with E-state index in [1.54, 1.807) is 12.3 Å². The van der Waals surface area contributed by atoms with Crippen LogP contribution in [0.3, 0.4) is 0 Å². The molecular formula is C15H13IN2O. The van der Waals surface area contributed by atoms with Gasteiger partial charge in [-0.15, -0.1) is 0 Å². The number of amides is 1. The molecule has 2 aromatic carbocycles. The maximum Gasteiger partial charge on any atom is 0.272 e. The fourth-order valence-electron chi connectivity index (χ4n) is 1.52. The SMILES string of the molecule is Cc1ccc(/C=N\NC(=O)c2ccccc2I)cc1. The highest BCUT2D eigenvalue weighted by atomic mass is 127. The standard InChI is InChI=1S/C15H13IN2O/c1-11-6-8-12(9-7-11)10-17-18-15(19)13-4-2-3-5-14(13)16/h2-10H,1H3,(H,18,19)/b17-10-.